The van der Waals surface area contributed by atoms with Gasteiger partial charge in [0.2, 0.25) is 0 Å². The zero-order valence-corrected chi connectivity index (χ0v) is 12.8. The molecular formula is C18H23NO2. The van der Waals surface area contributed by atoms with E-state index in [-0.39, 0.29) is 24.0 Å². The fraction of sp³-hybridized carbons (Fsp3) is 0.500. The maximum absolute atomic E-state index is 12.5. The number of carbonyl (C=O) groups excluding carboxylic acids is 1. The van der Waals surface area contributed by atoms with Crippen LogP contribution in [0.15, 0.2) is 24.3 Å². The molecule has 1 unspecified atom stereocenters. The van der Waals surface area contributed by atoms with Gasteiger partial charge < -0.3 is 10.4 Å². The molecule has 1 aliphatic rings. The lowest BCUT2D eigenvalue weighted by Gasteiger charge is -2.39. The van der Waals surface area contributed by atoms with Crippen molar-refractivity contribution in [2.45, 2.75) is 45.6 Å². The Morgan fingerprint density at radius 3 is 2.86 bits per heavy atom. The molecule has 0 spiro atoms. The van der Waals surface area contributed by atoms with Crippen LogP contribution in [0.5, 0.6) is 0 Å². The predicted octanol–water partition coefficient (Wildman–Crippen LogP) is 2.73. The van der Waals surface area contributed by atoms with Gasteiger partial charge in [-0.3, -0.25) is 4.79 Å². The van der Waals surface area contributed by atoms with E-state index >= 15 is 0 Å². The second-order valence-electron chi connectivity index (χ2n) is 6.27. The number of amides is 1. The smallest absolute Gasteiger partial charge is 0.252 e. The van der Waals surface area contributed by atoms with E-state index in [2.05, 4.69) is 31.0 Å². The number of aliphatic hydroxyl groups is 1. The van der Waals surface area contributed by atoms with Gasteiger partial charge >= 0.3 is 0 Å². The molecule has 0 radical (unpaired) electrons. The summed E-state index contributed by atoms with van der Waals surface area (Å²) in [5.41, 5.74) is 1.39. The van der Waals surface area contributed by atoms with Gasteiger partial charge in [0, 0.05) is 11.6 Å². The molecule has 2 N–H and O–H groups in total. The minimum Gasteiger partial charge on any atom is -0.384 e. The number of hydrogen-bond acceptors (Lipinski definition) is 2. The molecule has 1 saturated carbocycles. The van der Waals surface area contributed by atoms with Gasteiger partial charge in [-0.05, 0) is 30.4 Å². The van der Waals surface area contributed by atoms with Crippen LogP contribution >= 0.6 is 0 Å². The Morgan fingerprint density at radius 2 is 2.14 bits per heavy atom. The molecule has 0 bridgehead atoms. The zero-order chi connectivity index (χ0) is 15.3. The van der Waals surface area contributed by atoms with E-state index in [1.54, 1.807) is 6.07 Å². The highest BCUT2D eigenvalue weighted by molar-refractivity contribution is 5.97. The molecule has 112 valence electrons. The van der Waals surface area contributed by atoms with Gasteiger partial charge in [-0.2, -0.15) is 0 Å². The molecule has 0 saturated heterocycles. The van der Waals surface area contributed by atoms with Crippen molar-refractivity contribution in [2.24, 2.45) is 5.41 Å². The van der Waals surface area contributed by atoms with E-state index in [4.69, 9.17) is 5.11 Å². The lowest BCUT2D eigenvalue weighted by Crippen LogP contribution is -2.46. The Kier molecular flexibility index (Phi) is 5.03. The second kappa shape index (κ2) is 6.78. The standard InChI is InChI=1S/C18H23NO2/c1-18(2)12-6-5-11-16(18)19-17(21)15-10-4-3-8-14(15)9-7-13-20/h3-4,8,10,16,20H,5-6,11-13H2,1-2H3,(H,19,21). The summed E-state index contributed by atoms with van der Waals surface area (Å²) in [6.45, 7) is 4.23. The molecule has 0 aromatic heterocycles. The maximum Gasteiger partial charge on any atom is 0.252 e. The van der Waals surface area contributed by atoms with Gasteiger partial charge in [-0.15, -0.1) is 0 Å². The highest BCUT2D eigenvalue weighted by Crippen LogP contribution is 2.35. The topological polar surface area (TPSA) is 49.3 Å². The fourth-order valence-electron chi connectivity index (χ4n) is 2.92. The number of aliphatic hydroxyl groups excluding tert-OH is 1. The summed E-state index contributed by atoms with van der Waals surface area (Å²) in [7, 11) is 0. The Balaban J connectivity index is 2.17. The summed E-state index contributed by atoms with van der Waals surface area (Å²) in [6.07, 6.45) is 4.57. The number of hydrogen-bond donors (Lipinski definition) is 2. The number of benzene rings is 1. The summed E-state index contributed by atoms with van der Waals surface area (Å²) in [5.74, 6) is 5.37. The van der Waals surface area contributed by atoms with Gasteiger partial charge in [-0.25, -0.2) is 0 Å². The third kappa shape index (κ3) is 3.86. The largest absolute Gasteiger partial charge is 0.384 e. The predicted molar refractivity (Wildman–Crippen MR) is 83.9 cm³/mol. The van der Waals surface area contributed by atoms with Crippen LogP contribution in [-0.2, 0) is 0 Å². The minimum absolute atomic E-state index is 0.0715. The summed E-state index contributed by atoms with van der Waals surface area (Å²) < 4.78 is 0. The molecule has 1 aromatic rings. The van der Waals surface area contributed by atoms with Gasteiger partial charge in [0.1, 0.15) is 6.61 Å². The van der Waals surface area contributed by atoms with E-state index in [0.29, 0.717) is 11.1 Å². The van der Waals surface area contributed by atoms with Gasteiger partial charge in [-0.1, -0.05) is 50.7 Å². The minimum atomic E-state index is -0.203. The molecule has 1 aliphatic carbocycles. The van der Waals surface area contributed by atoms with E-state index in [9.17, 15) is 4.79 Å². The third-order valence-electron chi connectivity index (χ3n) is 4.29. The van der Waals surface area contributed by atoms with E-state index < -0.39 is 0 Å². The molecule has 1 atom stereocenters. The lowest BCUT2D eigenvalue weighted by molar-refractivity contribution is 0.0853. The average Bonchev–Trinajstić information content (AvgIpc) is 2.47. The van der Waals surface area contributed by atoms with Crippen molar-refractivity contribution in [1.82, 2.24) is 5.32 Å². The van der Waals surface area contributed by atoms with Crippen molar-refractivity contribution in [3.63, 3.8) is 0 Å². The third-order valence-corrected chi connectivity index (χ3v) is 4.29. The van der Waals surface area contributed by atoms with Crippen molar-refractivity contribution in [3.8, 4) is 11.8 Å². The molecule has 1 fully saturated rings. The SMILES string of the molecule is CC1(C)CCCCC1NC(=O)c1ccccc1C#CCO. The zero-order valence-electron chi connectivity index (χ0n) is 12.8. The van der Waals surface area contributed by atoms with Crippen LogP contribution in [0.3, 0.4) is 0 Å². The first-order valence-corrected chi connectivity index (χ1v) is 7.54. The molecule has 21 heavy (non-hydrogen) atoms. The van der Waals surface area contributed by atoms with E-state index in [1.165, 1.54) is 12.8 Å². The molecule has 3 nitrogen and oxygen atoms in total. The monoisotopic (exact) mass is 285 g/mol. The van der Waals surface area contributed by atoms with Crippen molar-refractivity contribution in [1.29, 1.82) is 0 Å². The number of rotatable bonds is 2. The highest BCUT2D eigenvalue weighted by Gasteiger charge is 2.33. The average molecular weight is 285 g/mol. The van der Waals surface area contributed by atoms with E-state index in [1.807, 2.05) is 18.2 Å². The van der Waals surface area contributed by atoms with Crippen LogP contribution in [0.1, 0.15) is 55.5 Å². The van der Waals surface area contributed by atoms with Crippen LogP contribution in [0.4, 0.5) is 0 Å². The van der Waals surface area contributed by atoms with Crippen molar-refractivity contribution in [2.75, 3.05) is 6.61 Å². The Hall–Kier alpha value is -1.79. The van der Waals surface area contributed by atoms with Crippen LogP contribution in [0.25, 0.3) is 0 Å². The lowest BCUT2D eigenvalue weighted by atomic mass is 9.73. The fourth-order valence-corrected chi connectivity index (χ4v) is 2.92. The van der Waals surface area contributed by atoms with Gasteiger partial charge in [0.15, 0.2) is 0 Å². The first kappa shape index (κ1) is 15.6. The van der Waals surface area contributed by atoms with Crippen LogP contribution < -0.4 is 5.32 Å². The van der Waals surface area contributed by atoms with Crippen LogP contribution in [-0.4, -0.2) is 23.7 Å². The summed E-state index contributed by atoms with van der Waals surface area (Å²) in [5, 5.41) is 12.0. The van der Waals surface area contributed by atoms with Crippen molar-refractivity contribution in [3.05, 3.63) is 35.4 Å². The first-order valence-electron chi connectivity index (χ1n) is 7.54. The number of nitrogens with one attached hydrogen (secondary N) is 1. The van der Waals surface area contributed by atoms with Crippen LogP contribution in [0, 0.1) is 17.3 Å². The molecule has 0 heterocycles. The maximum atomic E-state index is 12.5. The van der Waals surface area contributed by atoms with Crippen molar-refractivity contribution >= 4 is 5.91 Å². The Labute approximate surface area is 126 Å². The van der Waals surface area contributed by atoms with E-state index in [0.717, 1.165) is 12.8 Å². The second-order valence-corrected chi connectivity index (χ2v) is 6.27. The summed E-state index contributed by atoms with van der Waals surface area (Å²) in [4.78, 5) is 12.5. The van der Waals surface area contributed by atoms with Crippen molar-refractivity contribution < 1.29 is 9.90 Å². The van der Waals surface area contributed by atoms with Gasteiger partial charge in [0.25, 0.3) is 5.91 Å². The molecule has 2 rings (SSSR count). The summed E-state index contributed by atoms with van der Waals surface area (Å²) >= 11 is 0. The first-order chi connectivity index (χ1) is 10.0. The molecular weight excluding hydrogens is 262 g/mol. The Morgan fingerprint density at radius 1 is 1.38 bits per heavy atom. The highest BCUT2D eigenvalue weighted by atomic mass is 16.2. The number of carbonyl (C=O) groups is 1. The van der Waals surface area contributed by atoms with Crippen LogP contribution in [0.2, 0.25) is 0 Å². The Bertz CT molecular complexity index is 566. The molecule has 3 heteroatoms. The summed E-state index contributed by atoms with van der Waals surface area (Å²) in [6, 6.07) is 7.49. The quantitative estimate of drug-likeness (QED) is 0.821. The molecule has 1 amide bonds. The van der Waals surface area contributed by atoms with Gasteiger partial charge in [0.05, 0.1) is 5.56 Å². The molecule has 0 aliphatic heterocycles. The molecule has 1 aromatic carbocycles. The normalized spacial score (nSPS) is 20.2.